The zero-order chi connectivity index (χ0) is 15.0. The summed E-state index contributed by atoms with van der Waals surface area (Å²) in [6, 6.07) is 5.85. The van der Waals surface area contributed by atoms with Crippen LogP contribution in [0.15, 0.2) is 29.3 Å². The Balaban J connectivity index is 2.10. The van der Waals surface area contributed by atoms with Crippen LogP contribution in [-0.4, -0.2) is 43.6 Å². The summed E-state index contributed by atoms with van der Waals surface area (Å²) in [4.78, 5) is 4.12. The quantitative estimate of drug-likeness (QED) is 0.864. The summed E-state index contributed by atoms with van der Waals surface area (Å²) in [5.41, 5.74) is 0.370. The first-order valence-corrected chi connectivity index (χ1v) is 8.25. The lowest BCUT2D eigenvalue weighted by Gasteiger charge is -2.23. The highest BCUT2D eigenvalue weighted by Gasteiger charge is 2.31. The molecular weight excluding hydrogens is 316 g/mol. The van der Waals surface area contributed by atoms with E-state index in [9.17, 15) is 13.5 Å². The summed E-state index contributed by atoms with van der Waals surface area (Å²) in [7, 11) is -3.73. The number of nitrogens with zero attached hydrogens (tertiary/aromatic N) is 1. The third kappa shape index (κ3) is 2.69. The fourth-order valence-electron chi connectivity index (χ4n) is 2.19. The van der Waals surface area contributed by atoms with E-state index in [4.69, 9.17) is 16.3 Å². The first-order chi connectivity index (χ1) is 9.98. The summed E-state index contributed by atoms with van der Waals surface area (Å²) >= 11 is 5.86. The Morgan fingerprint density at radius 1 is 1.38 bits per heavy atom. The lowest BCUT2D eigenvalue weighted by Crippen LogP contribution is -2.46. The van der Waals surface area contributed by atoms with Crippen LogP contribution in [0.5, 0.6) is 5.75 Å². The minimum atomic E-state index is -3.73. The molecule has 112 valence electrons. The molecule has 1 saturated heterocycles. The van der Waals surface area contributed by atoms with Crippen molar-refractivity contribution in [2.24, 2.45) is 0 Å². The van der Waals surface area contributed by atoms with E-state index < -0.39 is 15.2 Å². The Bertz CT molecular complexity index is 788. The van der Waals surface area contributed by atoms with Crippen molar-refractivity contribution >= 4 is 32.3 Å². The number of rotatable bonds is 2. The maximum Gasteiger partial charge on any atom is 0.213 e. The van der Waals surface area contributed by atoms with Gasteiger partial charge in [-0.3, -0.25) is 5.32 Å². The van der Waals surface area contributed by atoms with Gasteiger partial charge in [-0.1, -0.05) is 11.6 Å². The van der Waals surface area contributed by atoms with E-state index in [1.54, 1.807) is 12.1 Å². The van der Waals surface area contributed by atoms with E-state index in [2.05, 4.69) is 10.3 Å². The summed E-state index contributed by atoms with van der Waals surface area (Å²) in [6.07, 6.45) is 0. The number of sulfone groups is 1. The molecule has 1 aliphatic rings. The fraction of sp³-hybridized carbons (Fsp3) is 0.308. The third-order valence-electron chi connectivity index (χ3n) is 3.28. The van der Waals surface area contributed by atoms with E-state index in [1.807, 2.05) is 0 Å². The number of aromatic hydroxyl groups is 1. The molecular formula is C13H13ClN2O4S. The molecule has 0 spiro atoms. The van der Waals surface area contributed by atoms with Crippen LogP contribution in [0.1, 0.15) is 0 Å². The van der Waals surface area contributed by atoms with E-state index in [0.717, 1.165) is 6.07 Å². The van der Waals surface area contributed by atoms with Crippen molar-refractivity contribution in [1.82, 2.24) is 10.3 Å². The first kappa shape index (κ1) is 14.5. The van der Waals surface area contributed by atoms with Crippen molar-refractivity contribution in [3.63, 3.8) is 0 Å². The lowest BCUT2D eigenvalue weighted by atomic mass is 10.2. The highest BCUT2D eigenvalue weighted by Crippen LogP contribution is 2.29. The van der Waals surface area contributed by atoms with Crippen molar-refractivity contribution in [2.75, 3.05) is 19.8 Å². The minimum Gasteiger partial charge on any atom is -0.507 e. The number of hydrogen-bond donors (Lipinski definition) is 2. The number of benzene rings is 1. The van der Waals surface area contributed by atoms with Gasteiger partial charge in [-0.05, 0) is 18.2 Å². The summed E-state index contributed by atoms with van der Waals surface area (Å²) < 4.78 is 30.2. The van der Waals surface area contributed by atoms with Gasteiger partial charge in [0, 0.05) is 23.0 Å². The van der Waals surface area contributed by atoms with E-state index in [-0.39, 0.29) is 17.4 Å². The largest absolute Gasteiger partial charge is 0.507 e. The molecule has 1 aromatic heterocycles. The van der Waals surface area contributed by atoms with Crippen LogP contribution in [0.4, 0.5) is 0 Å². The molecule has 0 amide bonds. The van der Waals surface area contributed by atoms with Gasteiger partial charge in [0.05, 0.1) is 18.7 Å². The van der Waals surface area contributed by atoms with E-state index in [1.165, 1.54) is 6.07 Å². The Morgan fingerprint density at radius 2 is 2.19 bits per heavy atom. The van der Waals surface area contributed by atoms with Crippen LogP contribution in [0.3, 0.4) is 0 Å². The molecule has 1 atom stereocenters. The van der Waals surface area contributed by atoms with Gasteiger partial charge in [0.1, 0.15) is 11.1 Å². The number of pyridine rings is 1. The number of fused-ring (bicyclic) bond motifs is 1. The average Bonchev–Trinajstić information content (AvgIpc) is 2.48. The molecule has 1 aromatic carbocycles. The van der Waals surface area contributed by atoms with Gasteiger partial charge < -0.3 is 9.84 Å². The van der Waals surface area contributed by atoms with Gasteiger partial charge in [-0.15, -0.1) is 0 Å². The predicted octanol–water partition coefficient (Wildman–Crippen LogP) is 1.31. The number of hydrogen-bond acceptors (Lipinski definition) is 6. The van der Waals surface area contributed by atoms with Gasteiger partial charge in [0.15, 0.2) is 5.03 Å². The van der Waals surface area contributed by atoms with Crippen molar-refractivity contribution in [3.05, 3.63) is 29.3 Å². The van der Waals surface area contributed by atoms with Crippen molar-refractivity contribution in [3.8, 4) is 5.75 Å². The predicted molar refractivity (Wildman–Crippen MR) is 78.2 cm³/mol. The highest BCUT2D eigenvalue weighted by molar-refractivity contribution is 7.92. The Morgan fingerprint density at radius 3 is 2.90 bits per heavy atom. The molecule has 1 fully saturated rings. The zero-order valence-electron chi connectivity index (χ0n) is 10.9. The second-order valence-electron chi connectivity index (χ2n) is 4.70. The van der Waals surface area contributed by atoms with Gasteiger partial charge in [-0.2, -0.15) is 0 Å². The molecule has 0 aliphatic carbocycles. The van der Waals surface area contributed by atoms with Crippen LogP contribution < -0.4 is 5.32 Å². The monoisotopic (exact) mass is 328 g/mol. The summed E-state index contributed by atoms with van der Waals surface area (Å²) in [5, 5.41) is 12.7. The number of halogens is 1. The second kappa shape index (κ2) is 5.42. The lowest BCUT2D eigenvalue weighted by molar-refractivity contribution is 0.0977. The normalized spacial score (nSPS) is 19.8. The van der Waals surface area contributed by atoms with Crippen LogP contribution in [0, 0.1) is 0 Å². The highest BCUT2D eigenvalue weighted by atomic mass is 35.5. The van der Waals surface area contributed by atoms with Crippen molar-refractivity contribution in [2.45, 2.75) is 10.4 Å². The maximum atomic E-state index is 12.5. The molecule has 0 saturated carbocycles. The molecule has 1 unspecified atom stereocenters. The molecule has 2 heterocycles. The SMILES string of the molecule is O=S(=O)(c1cc(O)c2cc(Cl)ccc2n1)C1COCCN1. The topological polar surface area (TPSA) is 88.5 Å². The van der Waals surface area contributed by atoms with Gasteiger partial charge in [0.2, 0.25) is 9.84 Å². The molecule has 3 rings (SSSR count). The maximum absolute atomic E-state index is 12.5. The van der Waals surface area contributed by atoms with Crippen molar-refractivity contribution in [1.29, 1.82) is 0 Å². The zero-order valence-corrected chi connectivity index (χ0v) is 12.5. The average molecular weight is 329 g/mol. The molecule has 21 heavy (non-hydrogen) atoms. The smallest absolute Gasteiger partial charge is 0.213 e. The van der Waals surface area contributed by atoms with Crippen LogP contribution >= 0.6 is 11.6 Å². The second-order valence-corrected chi connectivity index (χ2v) is 7.22. The molecule has 0 radical (unpaired) electrons. The number of aromatic nitrogens is 1. The van der Waals surface area contributed by atoms with Crippen LogP contribution in [0.2, 0.25) is 5.02 Å². The fourth-order valence-corrected chi connectivity index (χ4v) is 3.77. The van der Waals surface area contributed by atoms with Gasteiger partial charge >= 0.3 is 0 Å². The summed E-state index contributed by atoms with van der Waals surface area (Å²) in [6.45, 7) is 0.990. The van der Waals surface area contributed by atoms with Crippen LogP contribution in [-0.2, 0) is 14.6 Å². The minimum absolute atomic E-state index is 0.0590. The Labute approximate surface area is 126 Å². The molecule has 1 aliphatic heterocycles. The van der Waals surface area contributed by atoms with E-state index in [0.29, 0.717) is 29.1 Å². The van der Waals surface area contributed by atoms with Crippen LogP contribution in [0.25, 0.3) is 10.9 Å². The molecule has 0 bridgehead atoms. The Kier molecular flexibility index (Phi) is 3.75. The number of nitrogens with one attached hydrogen (secondary N) is 1. The standard InChI is InChI=1S/C13H13ClN2O4S/c14-8-1-2-10-9(5-8)11(17)6-12(16-10)21(18,19)13-7-20-4-3-15-13/h1-2,5-6,13,15H,3-4,7H2,(H,16,17). The van der Waals surface area contributed by atoms with Gasteiger partial charge in [-0.25, -0.2) is 13.4 Å². The molecule has 6 nitrogen and oxygen atoms in total. The molecule has 2 N–H and O–H groups in total. The van der Waals surface area contributed by atoms with Crippen molar-refractivity contribution < 1.29 is 18.3 Å². The van der Waals surface area contributed by atoms with Gasteiger partial charge in [0.25, 0.3) is 0 Å². The first-order valence-electron chi connectivity index (χ1n) is 6.33. The number of morpholine rings is 1. The molecule has 8 heteroatoms. The third-order valence-corrected chi connectivity index (χ3v) is 5.36. The Hall–Kier alpha value is -1.41. The molecule has 2 aromatic rings. The van der Waals surface area contributed by atoms with E-state index >= 15 is 0 Å². The number of ether oxygens (including phenoxy) is 1. The summed E-state index contributed by atoms with van der Waals surface area (Å²) in [5.74, 6) is -0.169.